The van der Waals surface area contributed by atoms with Crippen LogP contribution >= 0.6 is 7.60 Å². The fraction of sp³-hybridized carbons (Fsp3) is 0.895. The molecule has 29 heavy (non-hydrogen) atoms. The highest BCUT2D eigenvalue weighted by molar-refractivity contribution is 7.52. The van der Waals surface area contributed by atoms with Crippen LogP contribution in [0.15, 0.2) is 0 Å². The monoisotopic (exact) mass is 434 g/mol. The molecule has 0 aliphatic carbocycles. The summed E-state index contributed by atoms with van der Waals surface area (Å²) in [7, 11) is -4.36. The smallest absolute Gasteiger partial charge is 0.342 e. The second kappa shape index (κ2) is 13.3. The third-order valence-electron chi connectivity index (χ3n) is 5.03. The summed E-state index contributed by atoms with van der Waals surface area (Å²) < 4.78 is 11.5. The van der Waals surface area contributed by atoms with Crippen molar-refractivity contribution < 1.29 is 23.9 Å². The van der Waals surface area contributed by atoms with Crippen LogP contribution in [0.4, 0.5) is 0 Å². The van der Waals surface area contributed by atoms with Gasteiger partial charge in [0, 0.05) is 6.54 Å². The summed E-state index contributed by atoms with van der Waals surface area (Å²) in [5.74, 6) is -1.60. The normalized spacial score (nSPS) is 22.6. The Labute approximate surface area is 174 Å². The minimum absolute atomic E-state index is 0.141. The lowest BCUT2D eigenvalue weighted by molar-refractivity contribution is -0.130. The predicted octanol–water partition coefficient (Wildman–Crippen LogP) is 1.06. The highest BCUT2D eigenvalue weighted by Gasteiger charge is 2.31. The van der Waals surface area contributed by atoms with E-state index in [-0.39, 0.29) is 11.8 Å². The summed E-state index contributed by atoms with van der Waals surface area (Å²) in [5, 5.41) is 11.9. The van der Waals surface area contributed by atoms with Crippen LogP contribution in [0.25, 0.3) is 0 Å². The van der Waals surface area contributed by atoms with Crippen LogP contribution in [-0.2, 0) is 14.2 Å². The molecule has 1 heterocycles. The molecule has 0 aromatic rings. The van der Waals surface area contributed by atoms with E-state index in [0.717, 1.165) is 45.2 Å². The van der Waals surface area contributed by atoms with Gasteiger partial charge in [0.25, 0.3) is 0 Å². The molecule has 6 N–H and O–H groups in total. The molecule has 170 valence electrons. The van der Waals surface area contributed by atoms with Crippen molar-refractivity contribution in [3.05, 3.63) is 0 Å². The van der Waals surface area contributed by atoms with Gasteiger partial charge in [-0.15, -0.1) is 0 Å². The topological polar surface area (TPSA) is 140 Å². The van der Waals surface area contributed by atoms with Crippen molar-refractivity contribution in [2.75, 3.05) is 19.6 Å². The van der Waals surface area contributed by atoms with Gasteiger partial charge in [-0.1, -0.05) is 20.3 Å². The van der Waals surface area contributed by atoms with Gasteiger partial charge in [0.2, 0.25) is 11.8 Å². The minimum Gasteiger partial charge on any atom is -0.354 e. The standard InChI is InChI=1S/C19H39N4O5P/c1-14(2)13-17(22-15(3)29(26,27)28)19(25)23-16-9-5-8-11-20-10-6-4-7-12-21-18(16)24/h14-17,20,22H,4-13H2,1-3H3,(H,21,24)(H,23,25)(H2,26,27,28)/t15?,16-,17-/m0/s1. The molecule has 0 aromatic heterocycles. The average Bonchev–Trinajstić information content (AvgIpc) is 2.64. The zero-order valence-electron chi connectivity index (χ0n) is 17.9. The Morgan fingerprint density at radius 1 is 1.10 bits per heavy atom. The molecule has 0 bridgehead atoms. The van der Waals surface area contributed by atoms with Crippen LogP contribution in [0.2, 0.25) is 0 Å². The van der Waals surface area contributed by atoms with E-state index in [2.05, 4.69) is 21.3 Å². The first-order valence-corrected chi connectivity index (χ1v) is 12.4. The molecule has 3 atom stereocenters. The van der Waals surface area contributed by atoms with Crippen molar-refractivity contribution in [1.29, 1.82) is 0 Å². The third-order valence-corrected chi connectivity index (χ3v) is 6.19. The first kappa shape index (κ1) is 26.0. The number of carbonyl (C=O) groups is 2. The Morgan fingerprint density at radius 2 is 1.72 bits per heavy atom. The SMILES string of the molecule is CC(C)C[C@H](NC(C)P(=O)(O)O)C(=O)N[C@H]1CCCCNCCCCCNC1=O. The van der Waals surface area contributed by atoms with Gasteiger partial charge in [-0.3, -0.25) is 19.5 Å². The molecule has 1 unspecified atom stereocenters. The van der Waals surface area contributed by atoms with Gasteiger partial charge >= 0.3 is 7.60 Å². The summed E-state index contributed by atoms with van der Waals surface area (Å²) in [4.78, 5) is 44.2. The number of carbonyl (C=O) groups excluding carboxylic acids is 2. The van der Waals surface area contributed by atoms with E-state index in [9.17, 15) is 23.9 Å². The molecule has 10 heteroatoms. The lowest BCUT2D eigenvalue weighted by atomic mass is 10.0. The summed E-state index contributed by atoms with van der Waals surface area (Å²) in [6, 6.07) is -1.43. The number of amides is 2. The number of hydrogen-bond acceptors (Lipinski definition) is 5. The highest BCUT2D eigenvalue weighted by Crippen LogP contribution is 2.39. The Hall–Kier alpha value is -0.990. The Morgan fingerprint density at radius 3 is 2.34 bits per heavy atom. The molecule has 0 aromatic carbocycles. The lowest BCUT2D eigenvalue weighted by Crippen LogP contribution is -2.54. The Balaban J connectivity index is 2.79. The summed E-state index contributed by atoms with van der Waals surface area (Å²) in [6.45, 7) is 7.67. The molecule has 0 spiro atoms. The van der Waals surface area contributed by atoms with E-state index < -0.39 is 31.4 Å². The van der Waals surface area contributed by atoms with E-state index >= 15 is 0 Å². The number of rotatable bonds is 7. The summed E-state index contributed by atoms with van der Waals surface area (Å²) in [6.07, 6.45) is 5.66. The van der Waals surface area contributed by atoms with E-state index in [1.807, 2.05) is 13.8 Å². The molecule has 1 aliphatic rings. The fourth-order valence-electron chi connectivity index (χ4n) is 3.26. The molecule has 1 aliphatic heterocycles. The van der Waals surface area contributed by atoms with Crippen LogP contribution in [0.5, 0.6) is 0 Å². The molecular formula is C19H39N4O5P. The van der Waals surface area contributed by atoms with Gasteiger partial charge in [0.05, 0.1) is 6.04 Å². The largest absolute Gasteiger partial charge is 0.354 e. The average molecular weight is 435 g/mol. The van der Waals surface area contributed by atoms with Crippen LogP contribution in [-0.4, -0.2) is 59.1 Å². The second-order valence-corrected chi connectivity index (χ2v) is 10.2. The Kier molecular flexibility index (Phi) is 12.0. The first-order chi connectivity index (χ1) is 13.6. The zero-order valence-corrected chi connectivity index (χ0v) is 18.8. The maximum atomic E-state index is 12.9. The highest BCUT2D eigenvalue weighted by atomic mass is 31.2. The van der Waals surface area contributed by atoms with E-state index in [1.165, 1.54) is 6.92 Å². The van der Waals surface area contributed by atoms with E-state index in [4.69, 9.17) is 0 Å². The van der Waals surface area contributed by atoms with Crippen molar-refractivity contribution in [2.24, 2.45) is 5.92 Å². The van der Waals surface area contributed by atoms with Crippen molar-refractivity contribution >= 4 is 19.4 Å². The molecule has 9 nitrogen and oxygen atoms in total. The molecule has 1 fully saturated rings. The van der Waals surface area contributed by atoms with Gasteiger partial charge in [-0.25, -0.2) is 0 Å². The van der Waals surface area contributed by atoms with Gasteiger partial charge in [0.1, 0.15) is 11.8 Å². The van der Waals surface area contributed by atoms with Gasteiger partial charge in [0.15, 0.2) is 0 Å². The molecule has 1 rings (SSSR count). The molecule has 2 amide bonds. The van der Waals surface area contributed by atoms with E-state index in [1.54, 1.807) is 0 Å². The third kappa shape index (κ3) is 11.1. The second-order valence-electron chi connectivity index (χ2n) is 8.27. The maximum absolute atomic E-state index is 12.9. The summed E-state index contributed by atoms with van der Waals surface area (Å²) in [5.41, 5.74) is 0. The van der Waals surface area contributed by atoms with Crippen LogP contribution < -0.4 is 21.3 Å². The molecule has 0 saturated carbocycles. The molecule has 0 radical (unpaired) electrons. The number of hydrogen-bond donors (Lipinski definition) is 6. The number of nitrogens with one attached hydrogen (secondary N) is 4. The minimum atomic E-state index is -4.36. The van der Waals surface area contributed by atoms with Gasteiger partial charge in [-0.05, 0) is 64.5 Å². The van der Waals surface area contributed by atoms with Crippen LogP contribution in [0.1, 0.15) is 65.7 Å². The maximum Gasteiger partial charge on any atom is 0.342 e. The van der Waals surface area contributed by atoms with Crippen LogP contribution in [0, 0.1) is 5.92 Å². The van der Waals surface area contributed by atoms with Crippen molar-refractivity contribution in [1.82, 2.24) is 21.3 Å². The first-order valence-electron chi connectivity index (χ1n) is 10.7. The molecular weight excluding hydrogens is 395 g/mol. The predicted molar refractivity (Wildman–Crippen MR) is 113 cm³/mol. The summed E-state index contributed by atoms with van der Waals surface area (Å²) >= 11 is 0. The zero-order chi connectivity index (χ0) is 21.9. The fourth-order valence-corrected chi connectivity index (χ4v) is 3.64. The van der Waals surface area contributed by atoms with E-state index in [0.29, 0.717) is 19.4 Å². The quantitative estimate of drug-likeness (QED) is 0.329. The van der Waals surface area contributed by atoms with Gasteiger partial charge < -0.3 is 25.7 Å². The molecule has 1 saturated heterocycles. The Bertz CT molecular complexity index is 555. The van der Waals surface area contributed by atoms with Crippen molar-refractivity contribution in [3.8, 4) is 0 Å². The lowest BCUT2D eigenvalue weighted by Gasteiger charge is -2.27. The van der Waals surface area contributed by atoms with Crippen LogP contribution in [0.3, 0.4) is 0 Å². The van der Waals surface area contributed by atoms with Gasteiger partial charge in [-0.2, -0.15) is 0 Å². The van der Waals surface area contributed by atoms with Crippen molar-refractivity contribution in [3.63, 3.8) is 0 Å². The van der Waals surface area contributed by atoms with Crippen molar-refractivity contribution in [2.45, 2.75) is 83.6 Å².